The molecule has 0 unspecified atom stereocenters. The molecule has 0 spiro atoms. The quantitative estimate of drug-likeness (QED) is 0.399. The Labute approximate surface area is 161 Å². The van der Waals surface area contributed by atoms with Crippen LogP contribution in [0.1, 0.15) is 61.1 Å². The second kappa shape index (κ2) is 9.06. The first-order chi connectivity index (χ1) is 12.7. The van der Waals surface area contributed by atoms with E-state index in [1.54, 1.807) is 6.07 Å². The van der Waals surface area contributed by atoms with Crippen LogP contribution in [0.3, 0.4) is 0 Å². The van der Waals surface area contributed by atoms with Gasteiger partial charge in [0.25, 0.3) is 0 Å². The number of benzene rings is 2. The highest BCUT2D eigenvalue weighted by Gasteiger charge is 2.21. The first-order valence-electron chi connectivity index (χ1n) is 9.33. The lowest BCUT2D eigenvalue weighted by Crippen LogP contribution is -2.13. The molecule has 2 aromatic carbocycles. The molecule has 1 fully saturated rings. The van der Waals surface area contributed by atoms with E-state index in [1.165, 1.54) is 49.8 Å². The molecule has 1 aliphatic rings. The Morgan fingerprint density at radius 1 is 1.00 bits per heavy atom. The van der Waals surface area contributed by atoms with Crippen molar-refractivity contribution in [2.75, 3.05) is 0 Å². The van der Waals surface area contributed by atoms with Crippen molar-refractivity contribution in [3.8, 4) is 11.8 Å². The van der Waals surface area contributed by atoms with Gasteiger partial charge in [-0.2, -0.15) is 0 Å². The Bertz CT molecular complexity index is 802. The average Bonchev–Trinajstić information content (AvgIpc) is 2.68. The maximum Gasteiger partial charge on any atom is 0.143 e. The van der Waals surface area contributed by atoms with Gasteiger partial charge < -0.3 is 0 Å². The number of allylic oxidation sites excluding steroid dienone is 1. The van der Waals surface area contributed by atoms with Crippen LogP contribution in [0.4, 0.5) is 4.39 Å². The highest BCUT2D eigenvalue weighted by molar-refractivity contribution is 6.30. The lowest BCUT2D eigenvalue weighted by atomic mass is 9.77. The summed E-state index contributed by atoms with van der Waals surface area (Å²) in [6.45, 7) is 3.82. The molecule has 0 atom stereocenters. The summed E-state index contributed by atoms with van der Waals surface area (Å²) < 4.78 is 13.5. The minimum absolute atomic E-state index is 0.124. The lowest BCUT2D eigenvalue weighted by molar-refractivity contribution is 0.312. The van der Waals surface area contributed by atoms with E-state index >= 15 is 0 Å². The molecule has 0 amide bonds. The predicted molar refractivity (Wildman–Crippen MR) is 108 cm³/mol. The zero-order valence-electron chi connectivity index (χ0n) is 15.0. The minimum atomic E-state index is -0.433. The van der Waals surface area contributed by atoms with Crippen LogP contribution < -0.4 is 0 Å². The van der Waals surface area contributed by atoms with Crippen LogP contribution in [0.15, 0.2) is 55.1 Å². The maximum absolute atomic E-state index is 13.5. The zero-order valence-corrected chi connectivity index (χ0v) is 15.7. The van der Waals surface area contributed by atoms with Crippen LogP contribution in [0.5, 0.6) is 0 Å². The summed E-state index contributed by atoms with van der Waals surface area (Å²) in [7, 11) is 0. The zero-order chi connectivity index (χ0) is 18.4. The van der Waals surface area contributed by atoms with Crippen LogP contribution in [0.2, 0.25) is 5.02 Å². The van der Waals surface area contributed by atoms with Gasteiger partial charge in [-0.25, -0.2) is 4.39 Å². The first-order valence-corrected chi connectivity index (χ1v) is 9.71. The molecule has 1 aliphatic carbocycles. The molecule has 134 valence electrons. The Morgan fingerprint density at radius 3 is 2.31 bits per heavy atom. The van der Waals surface area contributed by atoms with Crippen molar-refractivity contribution in [3.05, 3.63) is 82.6 Å². The summed E-state index contributed by atoms with van der Waals surface area (Å²) in [6, 6.07) is 13.2. The van der Waals surface area contributed by atoms with Gasteiger partial charge >= 0.3 is 0 Å². The van der Waals surface area contributed by atoms with Gasteiger partial charge in [0, 0.05) is 11.1 Å². The van der Waals surface area contributed by atoms with E-state index in [4.69, 9.17) is 11.6 Å². The van der Waals surface area contributed by atoms with Crippen LogP contribution in [0, 0.1) is 23.6 Å². The Hall–Kier alpha value is -2.04. The Kier molecular flexibility index (Phi) is 6.53. The van der Waals surface area contributed by atoms with Gasteiger partial charge in [-0.3, -0.25) is 0 Å². The molecule has 0 nitrogen and oxygen atoms in total. The molecule has 0 radical (unpaired) electrons. The van der Waals surface area contributed by atoms with Gasteiger partial charge in [0.15, 0.2) is 0 Å². The first kappa shape index (κ1) is 18.7. The number of hydrogen-bond donors (Lipinski definition) is 0. The molecular formula is C24H24ClF. The van der Waals surface area contributed by atoms with E-state index in [1.807, 2.05) is 6.08 Å². The van der Waals surface area contributed by atoms with E-state index < -0.39 is 5.82 Å². The fraction of sp³-hybridized carbons (Fsp3) is 0.333. The molecular weight excluding hydrogens is 343 g/mol. The second-order valence-corrected chi connectivity index (χ2v) is 7.49. The molecule has 0 heterocycles. The van der Waals surface area contributed by atoms with Gasteiger partial charge in [-0.05, 0) is 86.3 Å². The smallest absolute Gasteiger partial charge is 0.143 e. The van der Waals surface area contributed by atoms with Crippen LogP contribution >= 0.6 is 11.6 Å². The van der Waals surface area contributed by atoms with Crippen molar-refractivity contribution in [3.63, 3.8) is 0 Å². The van der Waals surface area contributed by atoms with Gasteiger partial charge in [0.2, 0.25) is 0 Å². The third-order valence-corrected chi connectivity index (χ3v) is 5.59. The number of halogens is 2. The lowest BCUT2D eigenvalue weighted by Gasteiger charge is -2.28. The van der Waals surface area contributed by atoms with Crippen LogP contribution in [0.25, 0.3) is 0 Å². The molecule has 0 aliphatic heterocycles. The summed E-state index contributed by atoms with van der Waals surface area (Å²) in [5, 5.41) is 0.124. The fourth-order valence-electron chi connectivity index (χ4n) is 3.69. The summed E-state index contributed by atoms with van der Waals surface area (Å²) >= 11 is 5.70. The fourth-order valence-corrected chi connectivity index (χ4v) is 3.81. The van der Waals surface area contributed by atoms with E-state index in [9.17, 15) is 4.39 Å². The van der Waals surface area contributed by atoms with Crippen molar-refractivity contribution in [1.29, 1.82) is 0 Å². The molecule has 0 aromatic heterocycles. The Balaban J connectivity index is 1.60. The molecule has 0 saturated heterocycles. The summed E-state index contributed by atoms with van der Waals surface area (Å²) in [4.78, 5) is 0. The van der Waals surface area contributed by atoms with Crippen molar-refractivity contribution < 1.29 is 4.39 Å². The van der Waals surface area contributed by atoms with Gasteiger partial charge in [-0.1, -0.05) is 41.7 Å². The minimum Gasteiger partial charge on any atom is -0.205 e. The third kappa shape index (κ3) is 4.99. The molecule has 1 saturated carbocycles. The number of hydrogen-bond acceptors (Lipinski definition) is 0. The van der Waals surface area contributed by atoms with Crippen molar-refractivity contribution >= 4 is 11.6 Å². The third-order valence-electron chi connectivity index (χ3n) is 5.28. The van der Waals surface area contributed by atoms with Gasteiger partial charge in [0.1, 0.15) is 5.82 Å². The Morgan fingerprint density at radius 2 is 1.65 bits per heavy atom. The molecule has 26 heavy (non-hydrogen) atoms. The molecule has 2 aromatic rings. The summed E-state index contributed by atoms with van der Waals surface area (Å²) in [5.74, 6) is 7.20. The predicted octanol–water partition coefficient (Wildman–Crippen LogP) is 7.12. The van der Waals surface area contributed by atoms with E-state index in [2.05, 4.69) is 42.7 Å². The largest absolute Gasteiger partial charge is 0.205 e. The molecule has 3 rings (SSSR count). The van der Waals surface area contributed by atoms with E-state index in [-0.39, 0.29) is 5.02 Å². The highest BCUT2D eigenvalue weighted by atomic mass is 35.5. The van der Waals surface area contributed by atoms with Crippen molar-refractivity contribution in [2.24, 2.45) is 5.92 Å². The monoisotopic (exact) mass is 366 g/mol. The normalized spacial score (nSPS) is 19.5. The van der Waals surface area contributed by atoms with Gasteiger partial charge in [-0.15, -0.1) is 6.58 Å². The van der Waals surface area contributed by atoms with E-state index in [0.717, 1.165) is 17.9 Å². The summed E-state index contributed by atoms with van der Waals surface area (Å²) in [5.41, 5.74) is 2.99. The molecule has 0 N–H and O–H groups in total. The van der Waals surface area contributed by atoms with Crippen molar-refractivity contribution in [1.82, 2.24) is 0 Å². The SMILES string of the molecule is C=CCC[C@H]1CC[C@H](c2ccc(C#Cc3ccc(Cl)c(F)c3)cc2)CC1. The van der Waals surface area contributed by atoms with Crippen LogP contribution in [-0.4, -0.2) is 0 Å². The van der Waals surface area contributed by atoms with Gasteiger partial charge in [0.05, 0.1) is 5.02 Å². The maximum atomic E-state index is 13.5. The average molecular weight is 367 g/mol. The standard InChI is InChI=1S/C24H24ClF/c1-2-3-4-18-7-12-21(13-8-18)22-14-9-19(10-15-22)5-6-20-11-16-23(25)24(26)17-20/h2,9-11,14-18,21H,1,3-4,7-8,12-13H2/t18-,21-. The highest BCUT2D eigenvalue weighted by Crippen LogP contribution is 2.37. The number of rotatable bonds is 4. The van der Waals surface area contributed by atoms with E-state index in [0.29, 0.717) is 11.5 Å². The van der Waals surface area contributed by atoms with Crippen LogP contribution in [-0.2, 0) is 0 Å². The molecule has 0 bridgehead atoms. The second-order valence-electron chi connectivity index (χ2n) is 7.08. The topological polar surface area (TPSA) is 0 Å². The summed E-state index contributed by atoms with van der Waals surface area (Å²) in [6.07, 6.45) is 9.65. The van der Waals surface area contributed by atoms with Crippen molar-refractivity contribution in [2.45, 2.75) is 44.4 Å². The molecule has 2 heteroatoms.